The van der Waals surface area contributed by atoms with Crippen molar-refractivity contribution in [3.63, 3.8) is 0 Å². The zero-order valence-electron chi connectivity index (χ0n) is 13.4. The molecule has 0 unspecified atom stereocenters. The van der Waals surface area contributed by atoms with Gasteiger partial charge in [-0.1, -0.05) is 82.6 Å². The third-order valence-corrected chi connectivity index (χ3v) is 4.95. The number of rotatable bonds is 8. The first-order valence-corrected chi connectivity index (χ1v) is 8.97. The molecule has 1 aliphatic rings. The predicted octanol–water partition coefficient (Wildman–Crippen LogP) is 6.32. The van der Waals surface area contributed by atoms with E-state index < -0.39 is 0 Å². The number of hydrogen-bond donors (Lipinski definition) is 0. The summed E-state index contributed by atoms with van der Waals surface area (Å²) in [5, 5.41) is 0. The smallest absolute Gasteiger partial charge is 0.0276 e. The summed E-state index contributed by atoms with van der Waals surface area (Å²) in [4.78, 5) is 0. The molecule has 0 saturated heterocycles. The van der Waals surface area contributed by atoms with Gasteiger partial charge in [0.1, 0.15) is 0 Å². The molecule has 0 bridgehead atoms. The van der Waals surface area contributed by atoms with E-state index in [1.54, 1.807) is 11.1 Å². The largest absolute Gasteiger partial charge is 0.0654 e. The van der Waals surface area contributed by atoms with Crippen LogP contribution in [0, 0.1) is 5.92 Å². The third-order valence-electron chi connectivity index (χ3n) is 4.95. The summed E-state index contributed by atoms with van der Waals surface area (Å²) in [7, 11) is 0. The molecule has 0 atom stereocenters. The van der Waals surface area contributed by atoms with Gasteiger partial charge in [-0.3, -0.25) is 0 Å². The molecule has 1 fully saturated rings. The van der Waals surface area contributed by atoms with Crippen molar-refractivity contribution >= 4 is 0 Å². The maximum atomic E-state index is 2.35. The molecule has 1 aromatic carbocycles. The van der Waals surface area contributed by atoms with E-state index >= 15 is 0 Å². The van der Waals surface area contributed by atoms with E-state index in [-0.39, 0.29) is 0 Å². The first kappa shape index (κ1) is 15.6. The van der Waals surface area contributed by atoms with Gasteiger partial charge in [-0.15, -0.1) is 0 Å². The topological polar surface area (TPSA) is 0 Å². The fraction of sp³-hybridized carbons (Fsp3) is 0.700. The van der Waals surface area contributed by atoms with E-state index in [9.17, 15) is 0 Å². The molecular weight excluding hydrogens is 240 g/mol. The van der Waals surface area contributed by atoms with Crippen molar-refractivity contribution in [2.75, 3.05) is 0 Å². The van der Waals surface area contributed by atoms with Crippen LogP contribution in [-0.4, -0.2) is 0 Å². The van der Waals surface area contributed by atoms with Crippen LogP contribution in [0.15, 0.2) is 24.3 Å². The molecule has 1 aromatic rings. The van der Waals surface area contributed by atoms with Gasteiger partial charge >= 0.3 is 0 Å². The summed E-state index contributed by atoms with van der Waals surface area (Å²) in [5.74, 6) is 1.05. The first-order valence-electron chi connectivity index (χ1n) is 8.97. The monoisotopic (exact) mass is 272 g/mol. The van der Waals surface area contributed by atoms with Crippen LogP contribution in [0.4, 0.5) is 0 Å². The highest BCUT2D eigenvalue weighted by molar-refractivity contribution is 5.27. The van der Waals surface area contributed by atoms with Crippen LogP contribution in [0.1, 0.15) is 82.3 Å². The molecule has 0 heterocycles. The summed E-state index contributed by atoms with van der Waals surface area (Å²) in [6.45, 7) is 2.28. The van der Waals surface area contributed by atoms with E-state index in [2.05, 4.69) is 31.2 Å². The van der Waals surface area contributed by atoms with Gasteiger partial charge in [0.25, 0.3) is 0 Å². The lowest BCUT2D eigenvalue weighted by Gasteiger charge is -2.21. The molecule has 0 amide bonds. The Bertz CT molecular complexity index is 360. The second kappa shape index (κ2) is 9.21. The summed E-state index contributed by atoms with van der Waals surface area (Å²) >= 11 is 0. The summed E-state index contributed by atoms with van der Waals surface area (Å²) in [6, 6.07) is 9.11. The highest BCUT2D eigenvalue weighted by atomic mass is 14.2. The van der Waals surface area contributed by atoms with Crippen LogP contribution in [0.5, 0.6) is 0 Å². The Morgan fingerprint density at radius 1 is 0.850 bits per heavy atom. The van der Waals surface area contributed by atoms with Crippen molar-refractivity contribution in [1.29, 1.82) is 0 Å². The van der Waals surface area contributed by atoms with Gasteiger partial charge in [0.05, 0.1) is 0 Å². The Kier molecular flexibility index (Phi) is 7.19. The minimum Gasteiger partial charge on any atom is -0.0654 e. The average Bonchev–Trinajstić information content (AvgIpc) is 2.51. The minimum atomic E-state index is 1.05. The highest BCUT2D eigenvalue weighted by Crippen LogP contribution is 2.28. The second-order valence-corrected chi connectivity index (χ2v) is 6.62. The molecule has 1 aliphatic carbocycles. The molecule has 0 aliphatic heterocycles. The van der Waals surface area contributed by atoms with E-state index in [0.29, 0.717) is 0 Å². The number of benzene rings is 1. The molecule has 0 radical (unpaired) electrons. The van der Waals surface area contributed by atoms with Crippen LogP contribution in [0.2, 0.25) is 0 Å². The van der Waals surface area contributed by atoms with E-state index in [1.165, 1.54) is 77.0 Å². The van der Waals surface area contributed by atoms with Crippen molar-refractivity contribution in [2.24, 2.45) is 5.92 Å². The summed E-state index contributed by atoms with van der Waals surface area (Å²) in [6.07, 6.45) is 17.0. The zero-order chi connectivity index (χ0) is 14.0. The number of hydrogen-bond acceptors (Lipinski definition) is 0. The highest BCUT2D eigenvalue weighted by Gasteiger charge is 2.12. The molecule has 0 heteroatoms. The Labute approximate surface area is 126 Å². The molecule has 1 saturated carbocycles. The zero-order valence-corrected chi connectivity index (χ0v) is 13.4. The second-order valence-electron chi connectivity index (χ2n) is 6.62. The SMILES string of the molecule is CCCCc1ccccc1CCCCC1CCCCC1. The Morgan fingerprint density at radius 3 is 2.15 bits per heavy atom. The van der Waals surface area contributed by atoms with Crippen LogP contribution in [-0.2, 0) is 12.8 Å². The van der Waals surface area contributed by atoms with Crippen LogP contribution in [0.25, 0.3) is 0 Å². The van der Waals surface area contributed by atoms with Gasteiger partial charge in [-0.2, -0.15) is 0 Å². The van der Waals surface area contributed by atoms with Gasteiger partial charge < -0.3 is 0 Å². The third kappa shape index (κ3) is 5.31. The van der Waals surface area contributed by atoms with Crippen LogP contribution < -0.4 is 0 Å². The molecule has 2 rings (SSSR count). The van der Waals surface area contributed by atoms with Crippen molar-refractivity contribution in [3.05, 3.63) is 35.4 Å². The quantitative estimate of drug-likeness (QED) is 0.486. The molecule has 0 spiro atoms. The summed E-state index contributed by atoms with van der Waals surface area (Å²) < 4.78 is 0. The predicted molar refractivity (Wildman–Crippen MR) is 89.2 cm³/mol. The number of aryl methyl sites for hydroxylation is 2. The number of unbranched alkanes of at least 4 members (excludes halogenated alkanes) is 2. The normalized spacial score (nSPS) is 16.4. The molecule has 112 valence electrons. The fourth-order valence-electron chi connectivity index (χ4n) is 3.64. The Morgan fingerprint density at radius 2 is 1.50 bits per heavy atom. The standard InChI is InChI=1S/C20H32/c1-2-3-14-19-16-9-10-17-20(19)15-8-7-13-18-11-5-4-6-12-18/h9-10,16-18H,2-8,11-15H2,1H3. The molecular formula is C20H32. The van der Waals surface area contributed by atoms with Gasteiger partial charge in [-0.05, 0) is 42.7 Å². The molecule has 0 nitrogen and oxygen atoms in total. The van der Waals surface area contributed by atoms with Gasteiger partial charge in [0.15, 0.2) is 0 Å². The van der Waals surface area contributed by atoms with Gasteiger partial charge in [0, 0.05) is 0 Å². The van der Waals surface area contributed by atoms with Crippen molar-refractivity contribution in [1.82, 2.24) is 0 Å². The first-order chi connectivity index (χ1) is 9.90. The van der Waals surface area contributed by atoms with Crippen molar-refractivity contribution in [2.45, 2.75) is 84.0 Å². The van der Waals surface area contributed by atoms with Gasteiger partial charge in [-0.25, -0.2) is 0 Å². The average molecular weight is 272 g/mol. The lowest BCUT2D eigenvalue weighted by atomic mass is 9.85. The fourth-order valence-corrected chi connectivity index (χ4v) is 3.64. The summed E-state index contributed by atoms with van der Waals surface area (Å²) in [5.41, 5.74) is 3.22. The minimum absolute atomic E-state index is 1.05. The molecule has 20 heavy (non-hydrogen) atoms. The van der Waals surface area contributed by atoms with Crippen molar-refractivity contribution < 1.29 is 0 Å². The molecule has 0 N–H and O–H groups in total. The lowest BCUT2D eigenvalue weighted by molar-refractivity contribution is 0.330. The maximum Gasteiger partial charge on any atom is -0.0276 e. The lowest BCUT2D eigenvalue weighted by Crippen LogP contribution is -2.06. The maximum absolute atomic E-state index is 2.35. The van der Waals surface area contributed by atoms with Crippen LogP contribution in [0.3, 0.4) is 0 Å². The van der Waals surface area contributed by atoms with Gasteiger partial charge in [0.2, 0.25) is 0 Å². The Hall–Kier alpha value is -0.780. The van der Waals surface area contributed by atoms with Crippen molar-refractivity contribution in [3.8, 4) is 0 Å². The Balaban J connectivity index is 1.70. The van der Waals surface area contributed by atoms with E-state index in [4.69, 9.17) is 0 Å². The van der Waals surface area contributed by atoms with E-state index in [1.807, 2.05) is 0 Å². The van der Waals surface area contributed by atoms with Crippen LogP contribution >= 0.6 is 0 Å². The molecule has 0 aromatic heterocycles. The van der Waals surface area contributed by atoms with E-state index in [0.717, 1.165) is 5.92 Å².